The second-order valence-corrected chi connectivity index (χ2v) is 14.4. The second kappa shape index (κ2) is 13.9. The van der Waals surface area contributed by atoms with E-state index in [2.05, 4.69) is 166 Å². The maximum atomic E-state index is 5.60. The molecule has 0 bridgehead atoms. The Morgan fingerprint density at radius 2 is 1.02 bits per heavy atom. The first-order chi connectivity index (χ1) is 25.9. The first-order valence-corrected chi connectivity index (χ1v) is 18.3. The Kier molecular flexibility index (Phi) is 8.86. The zero-order valence-electron chi connectivity index (χ0n) is 30.3. The highest BCUT2D eigenvalue weighted by Crippen LogP contribution is 2.62. The van der Waals surface area contributed by atoms with Gasteiger partial charge in [-0.15, -0.1) is 0 Å². The predicted molar refractivity (Wildman–Crippen MR) is 226 cm³/mol. The van der Waals surface area contributed by atoms with Crippen LogP contribution in [0, 0.1) is 0 Å². The van der Waals surface area contributed by atoms with E-state index in [4.69, 9.17) is 5.73 Å². The van der Waals surface area contributed by atoms with Crippen molar-refractivity contribution >= 4 is 17.3 Å². The molecule has 0 saturated carbocycles. The lowest BCUT2D eigenvalue weighted by molar-refractivity contribution is 0.563. The van der Waals surface area contributed by atoms with E-state index in [1.54, 1.807) is 0 Å². The smallest absolute Gasteiger partial charge is 0.0719 e. The highest BCUT2D eigenvalue weighted by atomic mass is 14.5. The summed E-state index contributed by atoms with van der Waals surface area (Å²) in [6.07, 6.45) is 8.43. The van der Waals surface area contributed by atoms with Crippen LogP contribution in [0.4, 0.5) is 5.69 Å². The van der Waals surface area contributed by atoms with Crippen LogP contribution in [-0.4, -0.2) is 0 Å². The molecule has 0 fully saturated rings. The zero-order valence-corrected chi connectivity index (χ0v) is 30.3. The van der Waals surface area contributed by atoms with E-state index in [1.165, 1.54) is 66.8 Å². The lowest BCUT2D eigenvalue weighted by Gasteiger charge is -2.46. The Morgan fingerprint density at radius 3 is 1.64 bits per heavy atom. The number of hydrogen-bond donors (Lipinski definition) is 1. The van der Waals surface area contributed by atoms with Gasteiger partial charge in [0.1, 0.15) is 0 Å². The van der Waals surface area contributed by atoms with Crippen LogP contribution in [0.2, 0.25) is 0 Å². The first-order valence-electron chi connectivity index (χ1n) is 18.3. The van der Waals surface area contributed by atoms with Crippen molar-refractivity contribution in [2.45, 2.75) is 24.7 Å². The molecule has 0 unspecified atom stereocenters. The molecule has 0 saturated heterocycles. The molecule has 1 spiro atoms. The molecule has 2 aliphatic rings. The van der Waals surface area contributed by atoms with Crippen LogP contribution in [0.15, 0.2) is 201 Å². The van der Waals surface area contributed by atoms with Gasteiger partial charge >= 0.3 is 0 Å². The van der Waals surface area contributed by atoms with Crippen LogP contribution in [0.5, 0.6) is 0 Å². The summed E-state index contributed by atoms with van der Waals surface area (Å²) in [5.74, 6) is 0. The summed E-state index contributed by atoms with van der Waals surface area (Å²) < 4.78 is 0. The molecule has 0 radical (unpaired) electrons. The molecule has 53 heavy (non-hydrogen) atoms. The first kappa shape index (κ1) is 33.7. The molecule has 0 aromatic heterocycles. The van der Waals surface area contributed by atoms with Crippen LogP contribution in [-0.2, 0) is 10.8 Å². The molecule has 2 N–H and O–H groups in total. The number of hydrogen-bond acceptors (Lipinski definition) is 1. The van der Waals surface area contributed by atoms with Gasteiger partial charge in [0.15, 0.2) is 0 Å². The minimum absolute atomic E-state index is 0.0863. The molecule has 7 aromatic rings. The number of fused-ring (bicyclic) bond motifs is 9. The van der Waals surface area contributed by atoms with Gasteiger partial charge in [-0.1, -0.05) is 202 Å². The van der Waals surface area contributed by atoms with Crippen molar-refractivity contribution in [2.24, 2.45) is 0 Å². The van der Waals surface area contributed by atoms with Gasteiger partial charge in [0, 0.05) is 11.1 Å². The van der Waals surface area contributed by atoms with Gasteiger partial charge in [-0.25, -0.2) is 0 Å². The number of rotatable bonds is 5. The molecular formula is C52H43N. The zero-order chi connectivity index (χ0) is 36.4. The van der Waals surface area contributed by atoms with Crippen molar-refractivity contribution in [3.63, 3.8) is 0 Å². The van der Waals surface area contributed by atoms with Crippen LogP contribution >= 0.6 is 0 Å². The number of anilines is 1. The van der Waals surface area contributed by atoms with E-state index in [0.717, 1.165) is 11.3 Å². The van der Waals surface area contributed by atoms with E-state index >= 15 is 0 Å². The maximum Gasteiger partial charge on any atom is 0.0719 e. The van der Waals surface area contributed by atoms with Gasteiger partial charge in [-0.2, -0.15) is 0 Å². The monoisotopic (exact) mass is 681 g/mol. The van der Waals surface area contributed by atoms with Crippen LogP contribution in [0.25, 0.3) is 33.9 Å². The minimum Gasteiger partial charge on any atom is -0.399 e. The summed E-state index contributed by atoms with van der Waals surface area (Å²) in [4.78, 5) is 0. The van der Waals surface area contributed by atoms with Gasteiger partial charge in [0.05, 0.1) is 5.41 Å². The van der Waals surface area contributed by atoms with Crippen molar-refractivity contribution in [2.75, 3.05) is 5.73 Å². The van der Waals surface area contributed by atoms with E-state index < -0.39 is 0 Å². The standard InChI is InChI=1S/C40H32.C12H11N/c1-4-29(30-16-6-5-7-17-30)18-14-15-28-25-26-32-31-19-8-9-20-33(31)40(38(32)27-28)36-23-12-10-21-34(36)39(2,3)35-22-11-13-24-37(35)40;13-12-8-6-11(7-9-12)10-4-2-1-3-5-10/h4-27H,1H2,2-3H3;1-9H,13H2/b15-14-,29-18+;. The van der Waals surface area contributed by atoms with E-state index in [9.17, 15) is 0 Å². The maximum absolute atomic E-state index is 5.60. The van der Waals surface area contributed by atoms with E-state index in [0.29, 0.717) is 0 Å². The SMILES string of the molecule is C=C/C(=C\C=C/c1ccc2c(c1)C1(c3ccccc3-2)c2ccccc2C(C)(C)c2ccccc21)c1ccccc1.Nc1ccc(-c2ccccc2)cc1. The summed E-state index contributed by atoms with van der Waals surface area (Å²) in [5, 5.41) is 0. The van der Waals surface area contributed by atoms with Crippen molar-refractivity contribution in [3.8, 4) is 22.3 Å². The third-order valence-electron chi connectivity index (χ3n) is 11.0. The van der Waals surface area contributed by atoms with E-state index in [-0.39, 0.29) is 10.8 Å². The molecule has 1 heteroatoms. The largest absolute Gasteiger partial charge is 0.399 e. The lowest BCUT2D eigenvalue weighted by atomic mass is 9.55. The van der Waals surface area contributed by atoms with Crippen LogP contribution in [0.3, 0.4) is 0 Å². The van der Waals surface area contributed by atoms with Gasteiger partial charge in [0.2, 0.25) is 0 Å². The fourth-order valence-corrected chi connectivity index (χ4v) is 8.46. The summed E-state index contributed by atoms with van der Waals surface area (Å²) in [6, 6.07) is 62.8. The average Bonchev–Trinajstić information content (AvgIpc) is 3.50. The summed E-state index contributed by atoms with van der Waals surface area (Å²) >= 11 is 0. The number of nitrogen functional groups attached to an aromatic ring is 1. The Hall–Kier alpha value is -6.44. The third kappa shape index (κ3) is 5.85. The Morgan fingerprint density at radius 1 is 0.509 bits per heavy atom. The van der Waals surface area contributed by atoms with Crippen molar-refractivity contribution in [1.82, 2.24) is 0 Å². The van der Waals surface area contributed by atoms with Crippen molar-refractivity contribution < 1.29 is 0 Å². The lowest BCUT2D eigenvalue weighted by Crippen LogP contribution is -2.40. The average molecular weight is 682 g/mol. The molecule has 0 atom stereocenters. The summed E-state index contributed by atoms with van der Waals surface area (Å²) in [5.41, 5.74) is 22.8. The summed E-state index contributed by atoms with van der Waals surface area (Å²) in [6.45, 7) is 8.78. The fraction of sp³-hybridized carbons (Fsp3) is 0.0769. The molecular weight excluding hydrogens is 639 g/mol. The number of benzene rings is 7. The van der Waals surface area contributed by atoms with Crippen LogP contribution in [0.1, 0.15) is 58.4 Å². The molecule has 0 heterocycles. The Bertz CT molecular complexity index is 2430. The van der Waals surface area contributed by atoms with Gasteiger partial charge < -0.3 is 5.73 Å². The van der Waals surface area contributed by atoms with Crippen LogP contribution < -0.4 is 5.73 Å². The quantitative estimate of drug-likeness (QED) is 0.142. The van der Waals surface area contributed by atoms with Crippen molar-refractivity contribution in [3.05, 3.63) is 245 Å². The molecule has 2 aliphatic carbocycles. The topological polar surface area (TPSA) is 26.0 Å². The molecule has 7 aromatic carbocycles. The molecule has 256 valence electrons. The van der Waals surface area contributed by atoms with Gasteiger partial charge in [-0.05, 0) is 90.5 Å². The minimum atomic E-state index is -0.357. The van der Waals surface area contributed by atoms with E-state index in [1.807, 2.05) is 54.6 Å². The Balaban J connectivity index is 0.000000259. The van der Waals surface area contributed by atoms with Gasteiger partial charge in [-0.3, -0.25) is 0 Å². The highest BCUT2D eigenvalue weighted by molar-refractivity contribution is 5.89. The third-order valence-corrected chi connectivity index (χ3v) is 11.0. The molecule has 1 nitrogen and oxygen atoms in total. The van der Waals surface area contributed by atoms with Gasteiger partial charge in [0.25, 0.3) is 0 Å². The number of allylic oxidation sites excluding steroid dienone is 4. The van der Waals surface area contributed by atoms with Crippen molar-refractivity contribution in [1.29, 1.82) is 0 Å². The summed E-state index contributed by atoms with van der Waals surface area (Å²) in [7, 11) is 0. The fourth-order valence-electron chi connectivity index (χ4n) is 8.46. The predicted octanol–water partition coefficient (Wildman–Crippen LogP) is 12.9. The Labute approximate surface area is 314 Å². The second-order valence-electron chi connectivity index (χ2n) is 14.4. The molecule has 0 amide bonds. The molecule has 0 aliphatic heterocycles. The number of nitrogens with two attached hydrogens (primary N) is 1. The normalized spacial score (nSPS) is 14.3. The molecule has 9 rings (SSSR count). The highest BCUT2D eigenvalue weighted by Gasteiger charge is 2.53.